The fourth-order valence-corrected chi connectivity index (χ4v) is 3.64. The van der Waals surface area contributed by atoms with E-state index < -0.39 is 0 Å². The van der Waals surface area contributed by atoms with Crippen LogP contribution in [0.2, 0.25) is 0 Å². The smallest absolute Gasteiger partial charge is 0.191 e. The second-order valence-corrected chi connectivity index (χ2v) is 7.50. The summed E-state index contributed by atoms with van der Waals surface area (Å²) in [6.07, 6.45) is 7.44. The van der Waals surface area contributed by atoms with Crippen molar-refractivity contribution in [3.05, 3.63) is 0 Å². The van der Waals surface area contributed by atoms with Crippen LogP contribution >= 0.6 is 35.7 Å². The van der Waals surface area contributed by atoms with E-state index in [4.69, 9.17) is 9.73 Å². The van der Waals surface area contributed by atoms with Crippen molar-refractivity contribution < 1.29 is 4.74 Å². The third kappa shape index (κ3) is 6.14. The summed E-state index contributed by atoms with van der Waals surface area (Å²) in [5.41, 5.74) is 0.247. The number of hydrogen-bond donors (Lipinski definition) is 2. The molecule has 1 aliphatic heterocycles. The van der Waals surface area contributed by atoms with E-state index in [-0.39, 0.29) is 29.4 Å². The van der Waals surface area contributed by atoms with Crippen LogP contribution in [0.5, 0.6) is 0 Å². The van der Waals surface area contributed by atoms with Gasteiger partial charge in [-0.15, -0.1) is 24.0 Å². The lowest BCUT2D eigenvalue weighted by atomic mass is 9.89. The molecule has 2 atom stereocenters. The van der Waals surface area contributed by atoms with Gasteiger partial charge in [0, 0.05) is 23.3 Å². The predicted octanol–water partition coefficient (Wildman–Crippen LogP) is 2.87. The largest absolute Gasteiger partial charge is 0.380 e. The maximum Gasteiger partial charge on any atom is 0.191 e. The van der Waals surface area contributed by atoms with Gasteiger partial charge in [-0.3, -0.25) is 4.99 Å². The van der Waals surface area contributed by atoms with Crippen LogP contribution in [-0.4, -0.2) is 49.8 Å². The maximum atomic E-state index is 5.30. The van der Waals surface area contributed by atoms with Gasteiger partial charge in [-0.25, -0.2) is 0 Å². The Bertz CT molecular complexity index is 337. The first kappa shape index (κ1) is 19.4. The molecule has 21 heavy (non-hydrogen) atoms. The Kier molecular flexibility index (Phi) is 8.71. The van der Waals surface area contributed by atoms with Gasteiger partial charge in [-0.1, -0.05) is 13.3 Å². The highest BCUT2D eigenvalue weighted by molar-refractivity contribution is 14.0. The Morgan fingerprint density at radius 3 is 2.71 bits per heavy atom. The van der Waals surface area contributed by atoms with Crippen molar-refractivity contribution in [2.75, 3.05) is 32.6 Å². The van der Waals surface area contributed by atoms with Gasteiger partial charge in [0.2, 0.25) is 0 Å². The number of aliphatic imine (C=N–C) groups is 1. The molecular formula is C15H30IN3OS. The molecular weight excluding hydrogens is 397 g/mol. The standard InChI is InChI=1S/C15H29N3OS.HI/c1-4-16-14(17-9-15(2)10-19-11-15)18-12-6-5-7-13(8-12)20-3;/h12-13H,4-11H2,1-3H3,(H2,16,17,18);1H. The molecule has 0 amide bonds. The lowest BCUT2D eigenvalue weighted by molar-refractivity contribution is -0.0945. The van der Waals surface area contributed by atoms with Crippen LogP contribution in [0.25, 0.3) is 0 Å². The Hall–Kier alpha value is 0.310. The quantitative estimate of drug-likeness (QED) is 0.403. The average molecular weight is 427 g/mol. The summed E-state index contributed by atoms with van der Waals surface area (Å²) < 4.78 is 5.30. The van der Waals surface area contributed by atoms with Gasteiger partial charge in [0.25, 0.3) is 0 Å². The molecule has 1 saturated heterocycles. The van der Waals surface area contributed by atoms with Crippen molar-refractivity contribution in [3.8, 4) is 0 Å². The number of ether oxygens (including phenoxy) is 1. The van der Waals surface area contributed by atoms with E-state index in [0.29, 0.717) is 6.04 Å². The lowest BCUT2D eigenvalue weighted by Gasteiger charge is -2.37. The molecule has 2 rings (SSSR count). The van der Waals surface area contributed by atoms with Crippen LogP contribution in [0.15, 0.2) is 4.99 Å². The molecule has 0 aromatic carbocycles. The zero-order valence-corrected chi connectivity index (χ0v) is 16.6. The molecule has 2 unspecified atom stereocenters. The number of nitrogens with zero attached hydrogens (tertiary/aromatic N) is 1. The molecule has 1 heterocycles. The minimum absolute atomic E-state index is 0. The van der Waals surface area contributed by atoms with E-state index in [1.54, 1.807) is 0 Å². The van der Waals surface area contributed by atoms with Crippen molar-refractivity contribution in [2.24, 2.45) is 10.4 Å². The second-order valence-electron chi connectivity index (χ2n) is 6.36. The van der Waals surface area contributed by atoms with E-state index in [1.807, 2.05) is 11.8 Å². The van der Waals surface area contributed by atoms with Gasteiger partial charge in [0.05, 0.1) is 19.8 Å². The number of thioether (sulfide) groups is 1. The first-order valence-corrected chi connectivity index (χ1v) is 9.09. The van der Waals surface area contributed by atoms with E-state index in [0.717, 1.165) is 37.5 Å². The third-order valence-corrected chi connectivity index (χ3v) is 5.26. The summed E-state index contributed by atoms with van der Waals surface area (Å²) in [4.78, 5) is 4.76. The molecule has 0 spiro atoms. The van der Waals surface area contributed by atoms with Crippen LogP contribution in [0.3, 0.4) is 0 Å². The van der Waals surface area contributed by atoms with Crippen LogP contribution < -0.4 is 10.6 Å². The molecule has 0 aromatic heterocycles. The van der Waals surface area contributed by atoms with Crippen molar-refractivity contribution >= 4 is 41.7 Å². The van der Waals surface area contributed by atoms with E-state index in [1.165, 1.54) is 25.7 Å². The average Bonchev–Trinajstić information content (AvgIpc) is 2.43. The van der Waals surface area contributed by atoms with Gasteiger partial charge in [-0.05, 0) is 32.4 Å². The Morgan fingerprint density at radius 1 is 1.38 bits per heavy atom. The van der Waals surface area contributed by atoms with Gasteiger partial charge >= 0.3 is 0 Å². The monoisotopic (exact) mass is 427 g/mol. The fourth-order valence-electron chi connectivity index (χ4n) is 2.82. The Balaban J connectivity index is 0.00000220. The van der Waals surface area contributed by atoms with Crippen molar-refractivity contribution in [1.29, 1.82) is 0 Å². The third-order valence-electron chi connectivity index (χ3n) is 4.16. The van der Waals surface area contributed by atoms with Crippen molar-refractivity contribution in [1.82, 2.24) is 10.6 Å². The first-order chi connectivity index (χ1) is 9.65. The summed E-state index contributed by atoms with van der Waals surface area (Å²) in [6, 6.07) is 0.574. The summed E-state index contributed by atoms with van der Waals surface area (Å²) in [7, 11) is 0. The highest BCUT2D eigenvalue weighted by Crippen LogP contribution is 2.28. The second kappa shape index (κ2) is 9.45. The number of guanidine groups is 1. The summed E-state index contributed by atoms with van der Waals surface area (Å²) in [5, 5.41) is 7.81. The normalized spacial score (nSPS) is 28.2. The number of nitrogens with one attached hydrogen (secondary N) is 2. The molecule has 0 bridgehead atoms. The van der Waals surface area contributed by atoms with Crippen molar-refractivity contribution in [2.45, 2.75) is 50.8 Å². The SMILES string of the molecule is CCNC(=NCC1(C)COC1)NC1CCCC(SC)C1.I. The Labute approximate surface area is 150 Å². The van der Waals surface area contributed by atoms with E-state index in [2.05, 4.69) is 30.7 Å². The first-order valence-electron chi connectivity index (χ1n) is 7.80. The zero-order valence-electron chi connectivity index (χ0n) is 13.5. The molecule has 1 saturated carbocycles. The molecule has 2 fully saturated rings. The maximum absolute atomic E-state index is 5.30. The molecule has 124 valence electrons. The molecule has 2 N–H and O–H groups in total. The van der Waals surface area contributed by atoms with Crippen LogP contribution in [0.4, 0.5) is 0 Å². The highest BCUT2D eigenvalue weighted by Gasteiger charge is 2.33. The predicted molar refractivity (Wildman–Crippen MR) is 103 cm³/mol. The summed E-state index contributed by atoms with van der Waals surface area (Å²) in [5.74, 6) is 0.979. The van der Waals surface area contributed by atoms with E-state index in [9.17, 15) is 0 Å². The number of rotatable bonds is 5. The highest BCUT2D eigenvalue weighted by atomic mass is 127. The van der Waals surface area contributed by atoms with Crippen LogP contribution in [0, 0.1) is 5.41 Å². The van der Waals surface area contributed by atoms with Gasteiger partial charge in [-0.2, -0.15) is 11.8 Å². The fraction of sp³-hybridized carbons (Fsp3) is 0.933. The molecule has 4 nitrogen and oxygen atoms in total. The molecule has 6 heteroatoms. The van der Waals surface area contributed by atoms with E-state index >= 15 is 0 Å². The number of halogens is 1. The van der Waals surface area contributed by atoms with Gasteiger partial charge in [0.15, 0.2) is 5.96 Å². The molecule has 0 aromatic rings. The minimum atomic E-state index is 0. The topological polar surface area (TPSA) is 45.7 Å². The zero-order chi connectivity index (χ0) is 14.4. The summed E-state index contributed by atoms with van der Waals surface area (Å²) >= 11 is 2.00. The van der Waals surface area contributed by atoms with Crippen molar-refractivity contribution in [3.63, 3.8) is 0 Å². The summed E-state index contributed by atoms with van der Waals surface area (Å²) in [6.45, 7) is 7.81. The van der Waals surface area contributed by atoms with Crippen LogP contribution in [-0.2, 0) is 4.74 Å². The lowest BCUT2D eigenvalue weighted by Crippen LogP contribution is -2.47. The van der Waals surface area contributed by atoms with Gasteiger partial charge < -0.3 is 15.4 Å². The van der Waals surface area contributed by atoms with Gasteiger partial charge in [0.1, 0.15) is 0 Å². The number of hydrogen-bond acceptors (Lipinski definition) is 3. The minimum Gasteiger partial charge on any atom is -0.380 e. The molecule has 0 radical (unpaired) electrons. The molecule has 1 aliphatic carbocycles. The van der Waals surface area contributed by atoms with Crippen LogP contribution in [0.1, 0.15) is 39.5 Å². The Morgan fingerprint density at radius 2 is 2.14 bits per heavy atom. The molecule has 2 aliphatic rings.